The van der Waals surface area contributed by atoms with Gasteiger partial charge in [-0.2, -0.15) is 13.2 Å². The number of carbonyl (C=O) groups excluding carboxylic acids is 4. The largest absolute Gasteiger partial charge is 0.497 e. The molecule has 3 N–H and O–H groups in total. The Kier molecular flexibility index (Phi) is 11.4. The smallest absolute Gasteiger partial charge is 0.437 e. The zero-order valence-electron chi connectivity index (χ0n) is 35.5. The first-order chi connectivity index (χ1) is 28.4. The summed E-state index contributed by atoms with van der Waals surface area (Å²) in [6, 6.07) is 1.16. The van der Waals surface area contributed by atoms with Gasteiger partial charge in [0.25, 0.3) is 5.91 Å². The molecule has 19 heteroatoms. The Labute approximate surface area is 353 Å². The van der Waals surface area contributed by atoms with Crippen molar-refractivity contribution in [2.45, 2.75) is 138 Å². The van der Waals surface area contributed by atoms with Crippen molar-refractivity contribution < 1.29 is 55.0 Å². The Morgan fingerprint density at radius 3 is 2.43 bits per heavy atom. The predicted molar refractivity (Wildman–Crippen MR) is 217 cm³/mol. The molecule has 3 aliphatic heterocycles. The Bertz CT molecular complexity index is 2260. The Balaban J connectivity index is 1.32. The van der Waals surface area contributed by atoms with E-state index in [1.165, 1.54) is 31.1 Å². The lowest BCUT2D eigenvalue weighted by molar-refractivity contribution is -0.145. The molecule has 1 spiro atoms. The third kappa shape index (κ3) is 8.73. The van der Waals surface area contributed by atoms with Crippen molar-refractivity contribution in [3.05, 3.63) is 41.6 Å². The maximum absolute atomic E-state index is 15.0. The molecule has 2 saturated carbocycles. The maximum atomic E-state index is 15.0. The quantitative estimate of drug-likeness (QED) is 0.321. The van der Waals surface area contributed by atoms with Crippen molar-refractivity contribution in [2.24, 2.45) is 5.92 Å². The van der Waals surface area contributed by atoms with E-state index in [1.54, 1.807) is 51.9 Å². The second-order valence-electron chi connectivity index (χ2n) is 18.7. The highest BCUT2D eigenvalue weighted by atomic mass is 32.2. The van der Waals surface area contributed by atoms with Gasteiger partial charge in [-0.3, -0.25) is 19.1 Å². The molecule has 4 heterocycles. The number of carbonyl (C=O) groups is 4. The lowest BCUT2D eigenvalue weighted by atomic mass is 9.83. The lowest BCUT2D eigenvalue weighted by Crippen LogP contribution is -2.58. The fourth-order valence-corrected chi connectivity index (χ4v) is 10.1. The van der Waals surface area contributed by atoms with E-state index in [4.69, 9.17) is 14.2 Å². The third-order valence-corrected chi connectivity index (χ3v) is 14.8. The van der Waals surface area contributed by atoms with Gasteiger partial charge in [0.15, 0.2) is 11.4 Å². The van der Waals surface area contributed by atoms with Gasteiger partial charge < -0.3 is 34.6 Å². The molecule has 15 nitrogen and oxygen atoms in total. The minimum Gasteiger partial charge on any atom is -0.497 e. The van der Waals surface area contributed by atoms with E-state index in [9.17, 15) is 27.6 Å². The summed E-state index contributed by atoms with van der Waals surface area (Å²) in [6.07, 6.45) is 0.929. The van der Waals surface area contributed by atoms with Gasteiger partial charge in [0.2, 0.25) is 21.8 Å². The number of sulfonamides is 1. The van der Waals surface area contributed by atoms with Crippen LogP contribution in [0.4, 0.5) is 18.0 Å². The number of hydrogen-bond acceptors (Lipinski definition) is 11. The Morgan fingerprint density at radius 2 is 1.79 bits per heavy atom. The van der Waals surface area contributed by atoms with E-state index >= 15 is 13.2 Å². The van der Waals surface area contributed by atoms with Crippen LogP contribution in [0, 0.1) is 5.92 Å². The summed E-state index contributed by atoms with van der Waals surface area (Å²) in [5.41, 5.74) is -5.21. The van der Waals surface area contributed by atoms with Gasteiger partial charge in [0.1, 0.15) is 34.6 Å². The molecule has 2 aromatic rings. The van der Waals surface area contributed by atoms with Crippen LogP contribution in [0.5, 0.6) is 11.5 Å². The Hall–Kier alpha value is -4.65. The van der Waals surface area contributed by atoms with Crippen LogP contribution in [-0.4, -0.2) is 108 Å². The number of ether oxygens (including phenoxy) is 3. The standard InChI is InChI=1S/C42H55F3N6O9S/c1-38(2,3)60-37(55)47-28-14-12-10-8-9-11-13-24-20-41(24,36(54)49-61(56,57)39(4)17-18-39)48-34(52)30-22-40(23-51(30)35(28)53)21-29(50(5)6)31-26-19-25(58-7)15-16-27(26)46-33(32(31)59-40)42(43,44)45/h11,13,15-16,19,24,28-30H,8-10,12,14,17-18,20-23H2,1-7H3,(H,47,55)(H,48,52)(H,49,54)/b13-11-/t24-,28+,29+,30+,40-,41-/m1/s1. The normalized spacial score (nSPS) is 29.5. The molecule has 1 aromatic carbocycles. The second-order valence-corrected chi connectivity index (χ2v) is 20.9. The number of pyridine rings is 1. The average molecular weight is 877 g/mol. The molecule has 0 radical (unpaired) electrons. The van der Waals surface area contributed by atoms with Crippen LogP contribution in [0.1, 0.15) is 109 Å². The van der Waals surface area contributed by atoms with E-state index in [0.717, 1.165) is 0 Å². The van der Waals surface area contributed by atoms with Crippen LogP contribution >= 0.6 is 0 Å². The number of aromatic nitrogens is 1. The SMILES string of the molecule is COc1ccc2nc(C(F)(F)F)c3c(c2c1)[C@@H](N(C)C)C[C@]1(C[C@H]2C(=O)N[C@]4(C(=O)NS(=O)(=O)C5(C)CC5)C[C@H]4/C=C\CCCCC[C@H](NC(=O)OC(C)(C)C)C(=O)N2C1)O3. The number of alkyl halides is 3. The summed E-state index contributed by atoms with van der Waals surface area (Å²) < 4.78 is 90.2. The van der Waals surface area contributed by atoms with Crippen LogP contribution in [0.2, 0.25) is 0 Å². The second kappa shape index (κ2) is 15.6. The first-order valence-corrected chi connectivity index (χ1v) is 22.2. The number of nitrogens with one attached hydrogen (secondary N) is 3. The van der Waals surface area contributed by atoms with Crippen LogP contribution in [0.15, 0.2) is 30.4 Å². The molecule has 0 unspecified atom stereocenters. The van der Waals surface area contributed by atoms with Crippen molar-refractivity contribution in [1.29, 1.82) is 0 Å². The number of alkyl carbamates (subject to hydrolysis) is 1. The van der Waals surface area contributed by atoms with Gasteiger partial charge in [-0.1, -0.05) is 25.0 Å². The molecule has 61 heavy (non-hydrogen) atoms. The molecule has 334 valence electrons. The van der Waals surface area contributed by atoms with Crippen molar-refractivity contribution in [1.82, 2.24) is 30.1 Å². The first-order valence-electron chi connectivity index (χ1n) is 20.7. The molecule has 5 aliphatic rings. The summed E-state index contributed by atoms with van der Waals surface area (Å²) in [4.78, 5) is 64.0. The fraction of sp³-hybridized carbons (Fsp3) is 0.643. The highest BCUT2D eigenvalue weighted by molar-refractivity contribution is 7.91. The minimum atomic E-state index is -4.97. The monoisotopic (exact) mass is 876 g/mol. The number of methoxy groups -OCH3 is 1. The van der Waals surface area contributed by atoms with Gasteiger partial charge in [-0.05, 0) is 98.5 Å². The van der Waals surface area contributed by atoms with Gasteiger partial charge in [0, 0.05) is 35.8 Å². The summed E-state index contributed by atoms with van der Waals surface area (Å²) in [7, 11) is 0.741. The van der Waals surface area contributed by atoms with Gasteiger partial charge in [-0.15, -0.1) is 0 Å². The third-order valence-electron chi connectivity index (χ3n) is 12.6. The first kappa shape index (κ1) is 44.4. The van der Waals surface area contributed by atoms with E-state index in [-0.39, 0.29) is 43.3 Å². The van der Waals surface area contributed by atoms with Crippen LogP contribution in [0.3, 0.4) is 0 Å². The lowest BCUT2D eigenvalue weighted by Gasteiger charge is -2.43. The zero-order valence-corrected chi connectivity index (χ0v) is 36.3. The number of fused-ring (bicyclic) bond motifs is 5. The highest BCUT2D eigenvalue weighted by Gasteiger charge is 2.64. The summed E-state index contributed by atoms with van der Waals surface area (Å²) >= 11 is 0. The zero-order chi connectivity index (χ0) is 44.5. The number of amides is 4. The molecule has 0 bridgehead atoms. The maximum Gasteiger partial charge on any atom is 0.437 e. The van der Waals surface area contributed by atoms with Crippen molar-refractivity contribution in [3.8, 4) is 11.5 Å². The molecule has 4 amide bonds. The minimum absolute atomic E-state index is 0.0200. The number of nitrogens with zero attached hydrogens (tertiary/aromatic N) is 3. The summed E-state index contributed by atoms with van der Waals surface area (Å²) in [5, 5.41) is 5.86. The Morgan fingerprint density at radius 1 is 1.07 bits per heavy atom. The number of benzene rings is 1. The molecular formula is C42H55F3N6O9S. The van der Waals surface area contributed by atoms with Crippen LogP contribution in [0.25, 0.3) is 10.9 Å². The average Bonchev–Trinajstić information content (AvgIpc) is 4.06. The summed E-state index contributed by atoms with van der Waals surface area (Å²) in [6.45, 7) is 6.16. The van der Waals surface area contributed by atoms with E-state index in [0.29, 0.717) is 49.7 Å². The molecule has 1 aromatic heterocycles. The number of hydrogen-bond donors (Lipinski definition) is 3. The molecule has 7 rings (SSSR count). The van der Waals surface area contributed by atoms with E-state index in [1.807, 2.05) is 6.08 Å². The van der Waals surface area contributed by atoms with Crippen molar-refractivity contribution in [2.75, 3.05) is 27.7 Å². The predicted octanol–water partition coefficient (Wildman–Crippen LogP) is 5.27. The van der Waals surface area contributed by atoms with Crippen molar-refractivity contribution in [3.63, 3.8) is 0 Å². The number of halogens is 3. The van der Waals surface area contributed by atoms with Gasteiger partial charge >= 0.3 is 12.3 Å². The van der Waals surface area contributed by atoms with Crippen LogP contribution in [-0.2, 0) is 35.3 Å². The number of rotatable bonds is 6. The number of allylic oxidation sites excluding steroid dienone is 1. The highest BCUT2D eigenvalue weighted by Crippen LogP contribution is 2.54. The topological polar surface area (TPSA) is 186 Å². The molecule has 1 saturated heterocycles. The van der Waals surface area contributed by atoms with Crippen LogP contribution < -0.4 is 24.8 Å². The fourth-order valence-electron chi connectivity index (χ4n) is 8.81. The van der Waals surface area contributed by atoms with Gasteiger partial charge in [0.05, 0.1) is 23.9 Å². The summed E-state index contributed by atoms with van der Waals surface area (Å²) in [5.74, 6) is -3.17. The van der Waals surface area contributed by atoms with Crippen molar-refractivity contribution >= 4 is 44.7 Å². The van der Waals surface area contributed by atoms with E-state index < -0.39 is 97.0 Å². The molecular weight excluding hydrogens is 822 g/mol. The molecule has 2 aliphatic carbocycles. The van der Waals surface area contributed by atoms with Gasteiger partial charge in [-0.25, -0.2) is 18.2 Å². The molecule has 6 atom stereocenters. The molecule has 3 fully saturated rings. The van der Waals surface area contributed by atoms with E-state index in [2.05, 4.69) is 20.3 Å².